The van der Waals surface area contributed by atoms with Crippen molar-refractivity contribution >= 4 is 17.3 Å². The zero-order chi connectivity index (χ0) is 22.3. The third kappa shape index (κ3) is 3.79. The summed E-state index contributed by atoms with van der Waals surface area (Å²) in [6.07, 6.45) is 0. The van der Waals surface area contributed by atoms with Gasteiger partial charge in [-0.15, -0.1) is 11.3 Å². The van der Waals surface area contributed by atoms with E-state index in [2.05, 4.69) is 10.1 Å². The van der Waals surface area contributed by atoms with E-state index in [0.29, 0.717) is 38.8 Å². The molecule has 1 N–H and O–H groups in total. The number of aryl methyl sites for hydroxylation is 3. The molecular formula is C22H16F2N2O4S. The van der Waals surface area contributed by atoms with Gasteiger partial charge in [-0.1, -0.05) is 11.2 Å². The summed E-state index contributed by atoms with van der Waals surface area (Å²) in [5.41, 5.74) is 2.69. The molecule has 4 aromatic rings. The van der Waals surface area contributed by atoms with Gasteiger partial charge in [0, 0.05) is 11.1 Å². The summed E-state index contributed by atoms with van der Waals surface area (Å²) < 4.78 is 39.2. The number of carboxylic acid groups (broad SMARTS) is 1. The van der Waals surface area contributed by atoms with Crippen LogP contribution in [0.2, 0.25) is 0 Å². The fourth-order valence-corrected chi connectivity index (χ4v) is 4.12. The smallest absolute Gasteiger partial charge is 0.347 e. The van der Waals surface area contributed by atoms with Gasteiger partial charge in [0.2, 0.25) is 0 Å². The second-order valence-corrected chi connectivity index (χ2v) is 7.80. The fraction of sp³-hybridized carbons (Fsp3) is 0.136. The fourth-order valence-electron chi connectivity index (χ4n) is 3.22. The quantitative estimate of drug-likeness (QED) is 0.398. The van der Waals surface area contributed by atoms with Crippen LogP contribution in [0.4, 0.5) is 8.78 Å². The number of hydrogen-bond donors (Lipinski definition) is 1. The highest BCUT2D eigenvalue weighted by atomic mass is 32.1. The minimum atomic E-state index is -1.05. The van der Waals surface area contributed by atoms with Crippen molar-refractivity contribution in [3.63, 3.8) is 0 Å². The number of ether oxygens (including phenoxy) is 1. The van der Waals surface area contributed by atoms with Gasteiger partial charge in [0.05, 0.1) is 17.0 Å². The Morgan fingerprint density at radius 1 is 1.10 bits per heavy atom. The van der Waals surface area contributed by atoms with Crippen molar-refractivity contribution < 1.29 is 27.9 Å². The normalized spacial score (nSPS) is 11.0. The number of aromatic nitrogens is 2. The number of halogens is 2. The van der Waals surface area contributed by atoms with E-state index >= 15 is 0 Å². The van der Waals surface area contributed by atoms with E-state index in [1.165, 1.54) is 6.07 Å². The van der Waals surface area contributed by atoms with E-state index in [1.807, 2.05) is 0 Å². The lowest BCUT2D eigenvalue weighted by atomic mass is 10.0. The van der Waals surface area contributed by atoms with Gasteiger partial charge in [-0.05, 0) is 51.1 Å². The van der Waals surface area contributed by atoms with Gasteiger partial charge in [0.15, 0.2) is 17.4 Å². The van der Waals surface area contributed by atoms with E-state index in [4.69, 9.17) is 9.26 Å². The van der Waals surface area contributed by atoms with Crippen molar-refractivity contribution in [2.24, 2.45) is 0 Å². The van der Waals surface area contributed by atoms with Gasteiger partial charge in [-0.3, -0.25) is 0 Å². The first kappa shape index (κ1) is 20.7. The molecule has 0 aliphatic heterocycles. The number of benzene rings is 2. The predicted octanol–water partition coefficient (Wildman–Crippen LogP) is 6.16. The van der Waals surface area contributed by atoms with E-state index < -0.39 is 23.4 Å². The third-order valence-electron chi connectivity index (χ3n) is 4.65. The molecule has 0 aliphatic carbocycles. The van der Waals surface area contributed by atoms with Gasteiger partial charge in [-0.25, -0.2) is 18.6 Å². The predicted molar refractivity (Wildman–Crippen MR) is 111 cm³/mol. The van der Waals surface area contributed by atoms with Crippen LogP contribution in [-0.2, 0) is 0 Å². The van der Waals surface area contributed by atoms with Crippen LogP contribution in [0.25, 0.3) is 21.7 Å². The second-order valence-electron chi connectivity index (χ2n) is 6.80. The van der Waals surface area contributed by atoms with Crippen LogP contribution < -0.4 is 4.74 Å². The van der Waals surface area contributed by atoms with E-state index in [0.717, 1.165) is 23.5 Å². The lowest BCUT2D eigenvalue weighted by Crippen LogP contribution is -1.95. The van der Waals surface area contributed by atoms with Crippen LogP contribution in [0.15, 0.2) is 40.9 Å². The van der Waals surface area contributed by atoms with Crippen LogP contribution in [0.5, 0.6) is 11.5 Å². The SMILES string of the molecule is Cc1nc(-c2ccc(Oc3c(F)cccc3F)c(-c3c(C)noc3C)c2)sc1C(=O)O. The highest BCUT2D eigenvalue weighted by Gasteiger charge is 2.22. The Labute approximate surface area is 179 Å². The monoisotopic (exact) mass is 442 g/mol. The van der Waals surface area contributed by atoms with Gasteiger partial charge >= 0.3 is 5.97 Å². The average molecular weight is 442 g/mol. The lowest BCUT2D eigenvalue weighted by molar-refractivity contribution is 0.0701. The maximum absolute atomic E-state index is 14.2. The van der Waals surface area contributed by atoms with Gasteiger partial charge in [0.25, 0.3) is 0 Å². The topological polar surface area (TPSA) is 85.5 Å². The Kier molecular flexibility index (Phi) is 5.28. The maximum atomic E-state index is 14.2. The highest BCUT2D eigenvalue weighted by Crippen LogP contribution is 2.41. The molecule has 0 saturated heterocycles. The molecule has 0 fully saturated rings. The number of aromatic carboxylic acids is 1. The first-order valence-corrected chi connectivity index (χ1v) is 9.98. The van der Waals surface area contributed by atoms with E-state index in [1.54, 1.807) is 39.0 Å². The molecule has 9 heteroatoms. The third-order valence-corrected chi connectivity index (χ3v) is 5.85. The Hall–Kier alpha value is -3.59. The number of nitrogens with zero attached hydrogens (tertiary/aromatic N) is 2. The van der Waals surface area contributed by atoms with Crippen LogP contribution >= 0.6 is 11.3 Å². The molecule has 0 unspecified atom stereocenters. The molecule has 158 valence electrons. The van der Waals surface area contributed by atoms with E-state index in [-0.39, 0.29) is 10.6 Å². The number of carbonyl (C=O) groups is 1. The summed E-state index contributed by atoms with van der Waals surface area (Å²) in [5, 5.41) is 13.8. The minimum absolute atomic E-state index is 0.141. The van der Waals surface area contributed by atoms with Crippen LogP contribution in [0, 0.1) is 32.4 Å². The van der Waals surface area contributed by atoms with Gasteiger partial charge in [-0.2, -0.15) is 0 Å². The molecule has 6 nitrogen and oxygen atoms in total. The van der Waals surface area contributed by atoms with Gasteiger partial charge < -0.3 is 14.4 Å². The van der Waals surface area contributed by atoms with Crippen LogP contribution in [0.3, 0.4) is 0 Å². The minimum Gasteiger partial charge on any atom is -0.477 e. The molecule has 0 bridgehead atoms. The molecule has 2 heterocycles. The zero-order valence-electron chi connectivity index (χ0n) is 16.7. The Morgan fingerprint density at radius 3 is 2.39 bits per heavy atom. The molecule has 4 rings (SSSR count). The summed E-state index contributed by atoms with van der Waals surface area (Å²) in [6, 6.07) is 8.38. The maximum Gasteiger partial charge on any atom is 0.347 e. The molecule has 31 heavy (non-hydrogen) atoms. The Morgan fingerprint density at radius 2 is 1.81 bits per heavy atom. The van der Waals surface area contributed by atoms with Crippen molar-refractivity contribution in [1.29, 1.82) is 0 Å². The van der Waals surface area contributed by atoms with E-state index in [9.17, 15) is 18.7 Å². The summed E-state index contributed by atoms with van der Waals surface area (Å²) in [5.74, 6) is -2.57. The van der Waals surface area contributed by atoms with Gasteiger partial charge in [0.1, 0.15) is 21.4 Å². The molecule has 0 radical (unpaired) electrons. The molecule has 0 aliphatic rings. The molecular weight excluding hydrogens is 426 g/mol. The average Bonchev–Trinajstić information content (AvgIpc) is 3.27. The number of rotatable bonds is 5. The summed E-state index contributed by atoms with van der Waals surface area (Å²) >= 11 is 1.04. The van der Waals surface area contributed by atoms with Crippen LogP contribution in [0.1, 0.15) is 26.8 Å². The molecule has 0 saturated carbocycles. The molecule has 0 atom stereocenters. The van der Waals surface area contributed by atoms with Crippen LogP contribution in [-0.4, -0.2) is 21.2 Å². The second kappa shape index (κ2) is 7.92. The first-order valence-electron chi connectivity index (χ1n) is 9.16. The number of carboxylic acids is 1. The zero-order valence-corrected chi connectivity index (χ0v) is 17.5. The van der Waals surface area contributed by atoms with Crippen molar-refractivity contribution in [3.8, 4) is 33.2 Å². The number of hydrogen-bond acceptors (Lipinski definition) is 6. The number of thiazole rings is 1. The van der Waals surface area contributed by atoms with Crippen molar-refractivity contribution in [3.05, 3.63) is 70.1 Å². The molecule has 2 aromatic carbocycles. The Balaban J connectivity index is 1.88. The van der Waals surface area contributed by atoms with Crippen molar-refractivity contribution in [2.75, 3.05) is 0 Å². The molecule has 2 aromatic heterocycles. The number of para-hydroxylation sites is 1. The lowest BCUT2D eigenvalue weighted by Gasteiger charge is -2.13. The summed E-state index contributed by atoms with van der Waals surface area (Å²) in [7, 11) is 0. The Bertz CT molecular complexity index is 1270. The highest BCUT2D eigenvalue weighted by molar-refractivity contribution is 7.17. The van der Waals surface area contributed by atoms with Crippen molar-refractivity contribution in [2.45, 2.75) is 20.8 Å². The molecule has 0 amide bonds. The largest absolute Gasteiger partial charge is 0.477 e. The standard InChI is InChI=1S/C22H16F2N2O4S/c1-10-18(12(3)30-26-10)14-9-13(21-25-11(2)20(31-21)22(27)28)7-8-17(14)29-19-15(23)5-4-6-16(19)24/h4-9H,1-3H3,(H,27,28). The summed E-state index contributed by atoms with van der Waals surface area (Å²) in [4.78, 5) is 15.9. The summed E-state index contributed by atoms with van der Waals surface area (Å²) in [6.45, 7) is 5.07. The van der Waals surface area contributed by atoms with Crippen molar-refractivity contribution in [1.82, 2.24) is 10.1 Å². The molecule has 0 spiro atoms. The first-order chi connectivity index (χ1) is 14.8.